The zero-order chi connectivity index (χ0) is 19.1. The van der Waals surface area contributed by atoms with E-state index >= 15 is 0 Å². The van der Waals surface area contributed by atoms with Crippen LogP contribution in [0.2, 0.25) is 0 Å². The first kappa shape index (κ1) is 20.4. The van der Waals surface area contributed by atoms with Crippen molar-refractivity contribution in [2.75, 3.05) is 13.2 Å². The lowest BCUT2D eigenvalue weighted by molar-refractivity contribution is -0.205. The molecule has 3 saturated heterocycles. The molecule has 0 aliphatic carbocycles. The predicted octanol–water partition coefficient (Wildman–Crippen LogP) is 1.50. The average molecular weight is 390 g/mol. The molecule has 0 aromatic rings. The SMILES string of the molecule is CC[C@H](CO)NC(=S)C[C@@H]1O[C@H]([C@H]2COC(C)(C)O2)[C@@H]2OC(C)(C)O[C@@H]21. The van der Waals surface area contributed by atoms with Crippen molar-refractivity contribution in [1.82, 2.24) is 5.32 Å². The quantitative estimate of drug-likeness (QED) is 0.662. The fourth-order valence-corrected chi connectivity index (χ4v) is 4.13. The molecule has 0 aromatic heterocycles. The van der Waals surface area contributed by atoms with Crippen molar-refractivity contribution in [2.45, 2.75) is 95.6 Å². The number of thiocarbonyl (C=S) groups is 1. The van der Waals surface area contributed by atoms with E-state index in [0.717, 1.165) is 6.42 Å². The number of ether oxygens (including phenoxy) is 5. The van der Waals surface area contributed by atoms with Crippen LogP contribution in [-0.4, -0.2) is 71.4 Å². The van der Waals surface area contributed by atoms with Crippen molar-refractivity contribution in [3.05, 3.63) is 0 Å². The Bertz CT molecular complexity index is 524. The monoisotopic (exact) mass is 389 g/mol. The largest absolute Gasteiger partial charge is 0.394 e. The Balaban J connectivity index is 1.68. The molecule has 3 aliphatic heterocycles. The summed E-state index contributed by atoms with van der Waals surface area (Å²) in [7, 11) is 0. The average Bonchev–Trinajstić information content (AvgIpc) is 3.16. The van der Waals surface area contributed by atoms with E-state index in [2.05, 4.69) is 5.32 Å². The molecular formula is C18H31NO6S. The van der Waals surface area contributed by atoms with Crippen LogP contribution in [0.25, 0.3) is 0 Å². The van der Waals surface area contributed by atoms with Crippen molar-refractivity contribution < 1.29 is 28.8 Å². The third-order valence-corrected chi connectivity index (χ3v) is 5.33. The number of fused-ring (bicyclic) bond motifs is 1. The number of hydrogen-bond donors (Lipinski definition) is 2. The smallest absolute Gasteiger partial charge is 0.164 e. The molecule has 2 N–H and O–H groups in total. The maximum Gasteiger partial charge on any atom is 0.164 e. The molecule has 0 aromatic carbocycles. The van der Waals surface area contributed by atoms with Crippen LogP contribution < -0.4 is 5.32 Å². The lowest BCUT2D eigenvalue weighted by atomic mass is 10.0. The molecule has 0 bridgehead atoms. The minimum absolute atomic E-state index is 0.0416. The molecule has 3 heterocycles. The van der Waals surface area contributed by atoms with Crippen LogP contribution >= 0.6 is 12.2 Å². The van der Waals surface area contributed by atoms with Gasteiger partial charge >= 0.3 is 0 Å². The van der Waals surface area contributed by atoms with Gasteiger partial charge in [-0.1, -0.05) is 19.1 Å². The van der Waals surface area contributed by atoms with E-state index in [0.29, 0.717) is 18.0 Å². The van der Waals surface area contributed by atoms with Crippen LogP contribution in [0, 0.1) is 0 Å². The highest BCUT2D eigenvalue weighted by molar-refractivity contribution is 7.80. The van der Waals surface area contributed by atoms with Gasteiger partial charge in [-0.05, 0) is 34.1 Å². The summed E-state index contributed by atoms with van der Waals surface area (Å²) in [6, 6.07) is -0.0416. The number of aliphatic hydroxyl groups is 1. The van der Waals surface area contributed by atoms with Gasteiger partial charge in [-0.3, -0.25) is 0 Å². The molecule has 3 fully saturated rings. The van der Waals surface area contributed by atoms with Gasteiger partial charge in [-0.15, -0.1) is 0 Å². The minimum Gasteiger partial charge on any atom is -0.394 e. The van der Waals surface area contributed by atoms with Crippen LogP contribution in [0.3, 0.4) is 0 Å². The van der Waals surface area contributed by atoms with E-state index in [9.17, 15) is 5.11 Å². The molecule has 0 amide bonds. The maximum absolute atomic E-state index is 9.36. The normalized spacial score (nSPS) is 38.9. The van der Waals surface area contributed by atoms with Crippen molar-refractivity contribution >= 4 is 17.2 Å². The third kappa shape index (κ3) is 4.38. The molecule has 0 spiro atoms. The van der Waals surface area contributed by atoms with Gasteiger partial charge in [0.2, 0.25) is 0 Å². The Morgan fingerprint density at radius 1 is 1.12 bits per heavy atom. The van der Waals surface area contributed by atoms with Gasteiger partial charge in [0.05, 0.1) is 24.3 Å². The first-order valence-electron chi connectivity index (χ1n) is 9.37. The van der Waals surface area contributed by atoms with Crippen LogP contribution in [0.15, 0.2) is 0 Å². The summed E-state index contributed by atoms with van der Waals surface area (Å²) in [6.45, 7) is 10.1. The standard InChI is InChI=1S/C18H31NO6S/c1-6-10(8-20)19-13(26)7-11-15-16(25-18(4,5)24-15)14(22-11)12-9-21-17(2,3)23-12/h10-12,14-16,20H,6-9H2,1-5H3,(H,19,26)/t10-,11+,12-,14-,15-,16+/m1/s1. The number of aliphatic hydroxyl groups excluding tert-OH is 1. The van der Waals surface area contributed by atoms with Gasteiger partial charge < -0.3 is 34.1 Å². The van der Waals surface area contributed by atoms with E-state index in [1.54, 1.807) is 0 Å². The minimum atomic E-state index is -0.670. The topological polar surface area (TPSA) is 78.4 Å². The fraction of sp³-hybridized carbons (Fsp3) is 0.944. The maximum atomic E-state index is 9.36. The predicted molar refractivity (Wildman–Crippen MR) is 98.9 cm³/mol. The summed E-state index contributed by atoms with van der Waals surface area (Å²) in [4.78, 5) is 0.660. The Morgan fingerprint density at radius 2 is 1.81 bits per heavy atom. The summed E-state index contributed by atoms with van der Waals surface area (Å²) >= 11 is 5.47. The lowest BCUT2D eigenvalue weighted by Crippen LogP contribution is -2.40. The first-order valence-corrected chi connectivity index (χ1v) is 9.78. The Morgan fingerprint density at radius 3 is 2.38 bits per heavy atom. The number of rotatable bonds is 6. The summed E-state index contributed by atoms with van der Waals surface area (Å²) in [6.07, 6.45) is 0.177. The van der Waals surface area contributed by atoms with Crippen LogP contribution in [-0.2, 0) is 23.7 Å². The molecule has 0 unspecified atom stereocenters. The molecule has 0 saturated carbocycles. The molecule has 3 rings (SSSR count). The second-order valence-electron chi connectivity index (χ2n) is 8.13. The van der Waals surface area contributed by atoms with Crippen LogP contribution in [0.4, 0.5) is 0 Å². The van der Waals surface area contributed by atoms with Gasteiger partial charge in [0.15, 0.2) is 11.6 Å². The van der Waals surface area contributed by atoms with Crippen molar-refractivity contribution in [3.8, 4) is 0 Å². The summed E-state index contributed by atoms with van der Waals surface area (Å²) < 4.78 is 30.2. The zero-order valence-corrected chi connectivity index (χ0v) is 17.0. The highest BCUT2D eigenvalue weighted by Crippen LogP contribution is 2.43. The van der Waals surface area contributed by atoms with E-state index in [-0.39, 0.29) is 43.2 Å². The highest BCUT2D eigenvalue weighted by atomic mass is 32.1. The molecule has 8 heteroatoms. The Labute approximate surface area is 160 Å². The van der Waals surface area contributed by atoms with Gasteiger partial charge in [-0.25, -0.2) is 0 Å². The van der Waals surface area contributed by atoms with E-state index in [1.165, 1.54) is 0 Å². The molecule has 7 nitrogen and oxygen atoms in total. The molecule has 26 heavy (non-hydrogen) atoms. The summed E-state index contributed by atoms with van der Waals surface area (Å²) in [5.74, 6) is -1.29. The van der Waals surface area contributed by atoms with Crippen LogP contribution in [0.1, 0.15) is 47.5 Å². The second kappa shape index (κ2) is 7.58. The number of nitrogens with one attached hydrogen (secondary N) is 1. The summed E-state index contributed by atoms with van der Waals surface area (Å²) in [5.41, 5.74) is 0. The van der Waals surface area contributed by atoms with Gasteiger partial charge in [0, 0.05) is 12.5 Å². The molecule has 0 radical (unpaired) electrons. The zero-order valence-electron chi connectivity index (χ0n) is 16.2. The van der Waals surface area contributed by atoms with Gasteiger partial charge in [-0.2, -0.15) is 0 Å². The van der Waals surface area contributed by atoms with Gasteiger partial charge in [0.1, 0.15) is 24.4 Å². The van der Waals surface area contributed by atoms with E-state index < -0.39 is 11.6 Å². The van der Waals surface area contributed by atoms with Crippen molar-refractivity contribution in [2.24, 2.45) is 0 Å². The Kier molecular flexibility index (Phi) is 5.94. The first-order chi connectivity index (χ1) is 12.1. The van der Waals surface area contributed by atoms with E-state index in [4.69, 9.17) is 35.9 Å². The number of hydrogen-bond acceptors (Lipinski definition) is 7. The Hall–Kier alpha value is -0.350. The van der Waals surface area contributed by atoms with Crippen molar-refractivity contribution in [3.63, 3.8) is 0 Å². The fourth-order valence-electron chi connectivity index (χ4n) is 3.80. The highest BCUT2D eigenvalue weighted by Gasteiger charge is 2.58. The molecule has 3 aliphatic rings. The van der Waals surface area contributed by atoms with Crippen LogP contribution in [0.5, 0.6) is 0 Å². The third-order valence-electron chi connectivity index (χ3n) is 5.05. The molecule has 6 atom stereocenters. The second-order valence-corrected chi connectivity index (χ2v) is 8.62. The summed E-state index contributed by atoms with van der Waals surface area (Å²) in [5, 5.41) is 12.6. The molecule has 150 valence electrons. The lowest BCUT2D eigenvalue weighted by Gasteiger charge is -2.27. The van der Waals surface area contributed by atoms with Gasteiger partial charge in [0.25, 0.3) is 0 Å². The van der Waals surface area contributed by atoms with E-state index in [1.807, 2.05) is 34.6 Å². The molecular weight excluding hydrogens is 358 g/mol. The van der Waals surface area contributed by atoms with Crippen molar-refractivity contribution in [1.29, 1.82) is 0 Å².